The van der Waals surface area contributed by atoms with E-state index in [1.165, 1.54) is 31.0 Å². The van der Waals surface area contributed by atoms with Crippen LogP contribution in [0, 0.1) is 5.92 Å². The third-order valence-corrected chi connectivity index (χ3v) is 4.68. The molecule has 1 aromatic carbocycles. The van der Waals surface area contributed by atoms with Gasteiger partial charge in [0.25, 0.3) is 5.91 Å². The molecule has 4 rings (SSSR count). The molecule has 2 heterocycles. The van der Waals surface area contributed by atoms with Crippen LogP contribution in [0.4, 0.5) is 8.78 Å². The lowest BCUT2D eigenvalue weighted by molar-refractivity contribution is -0.286. The normalized spacial score (nSPS) is 28.8. The summed E-state index contributed by atoms with van der Waals surface area (Å²) >= 11 is 0. The Hall–Kier alpha value is -1.89. The van der Waals surface area contributed by atoms with Gasteiger partial charge in [-0.1, -0.05) is 6.92 Å². The van der Waals surface area contributed by atoms with Crippen LogP contribution in [0.3, 0.4) is 0 Å². The van der Waals surface area contributed by atoms with Crippen LogP contribution in [0.1, 0.15) is 30.1 Å². The summed E-state index contributed by atoms with van der Waals surface area (Å²) in [4.78, 5) is 14.8. The number of alkyl halides is 2. The second-order valence-corrected chi connectivity index (χ2v) is 6.57. The van der Waals surface area contributed by atoms with E-state index in [1.54, 1.807) is 0 Å². The van der Waals surface area contributed by atoms with Crippen LogP contribution in [-0.4, -0.2) is 42.3 Å². The van der Waals surface area contributed by atoms with Crippen molar-refractivity contribution in [3.63, 3.8) is 0 Å². The fourth-order valence-electron chi connectivity index (χ4n) is 3.27. The zero-order valence-corrected chi connectivity index (χ0v) is 12.7. The van der Waals surface area contributed by atoms with Gasteiger partial charge >= 0.3 is 6.29 Å². The van der Waals surface area contributed by atoms with Gasteiger partial charge in [0.2, 0.25) is 0 Å². The lowest BCUT2D eigenvalue weighted by Crippen LogP contribution is -2.40. The number of rotatable bonds is 3. The molecular weight excluding hydrogens is 306 g/mol. The van der Waals surface area contributed by atoms with Crippen molar-refractivity contribution in [1.29, 1.82) is 0 Å². The van der Waals surface area contributed by atoms with Gasteiger partial charge in [-0.05, 0) is 37.0 Å². The van der Waals surface area contributed by atoms with Crippen LogP contribution < -0.4 is 14.8 Å². The van der Waals surface area contributed by atoms with E-state index in [0.29, 0.717) is 17.5 Å². The lowest BCUT2D eigenvalue weighted by Gasteiger charge is -2.17. The molecule has 124 valence electrons. The number of ether oxygens (including phenoxy) is 2. The number of amides is 1. The van der Waals surface area contributed by atoms with Gasteiger partial charge in [0, 0.05) is 30.7 Å². The van der Waals surface area contributed by atoms with E-state index < -0.39 is 6.29 Å². The maximum atomic E-state index is 13.0. The fraction of sp³-hybridized carbons (Fsp3) is 0.562. The van der Waals surface area contributed by atoms with E-state index in [-0.39, 0.29) is 23.4 Å². The predicted molar refractivity (Wildman–Crippen MR) is 77.7 cm³/mol. The van der Waals surface area contributed by atoms with Crippen molar-refractivity contribution in [3.05, 3.63) is 23.8 Å². The van der Waals surface area contributed by atoms with Gasteiger partial charge in [0.15, 0.2) is 11.5 Å². The maximum absolute atomic E-state index is 13.0. The summed E-state index contributed by atoms with van der Waals surface area (Å²) in [6.07, 6.45) is -1.18. The second-order valence-electron chi connectivity index (χ2n) is 6.57. The predicted octanol–water partition coefficient (Wildman–Crippen LogP) is 2.22. The van der Waals surface area contributed by atoms with Crippen LogP contribution in [0.2, 0.25) is 0 Å². The standard InChI is InChI=1S/C16H18F2N2O3/c1-9-7-20(11-3-4-11)8-12(9)19-15(21)10-2-5-13-14(6-10)23-16(17,18)22-13/h2,5-6,9,11-12H,3-4,7-8H2,1H3,(H,19,21)/t9-,12+/m0/s1. The molecule has 1 saturated carbocycles. The minimum atomic E-state index is -3.66. The van der Waals surface area contributed by atoms with E-state index in [4.69, 9.17) is 0 Å². The third kappa shape index (κ3) is 2.85. The largest absolute Gasteiger partial charge is 0.586 e. The Labute approximate surface area is 132 Å². The van der Waals surface area contributed by atoms with E-state index in [1.807, 2.05) is 0 Å². The van der Waals surface area contributed by atoms with E-state index in [0.717, 1.165) is 13.1 Å². The molecule has 3 aliphatic rings. The molecule has 0 spiro atoms. The summed E-state index contributed by atoms with van der Waals surface area (Å²) in [5.41, 5.74) is 0.294. The summed E-state index contributed by atoms with van der Waals surface area (Å²) in [6, 6.07) is 4.85. The Morgan fingerprint density at radius 3 is 2.74 bits per heavy atom. The van der Waals surface area contributed by atoms with Crippen molar-refractivity contribution in [1.82, 2.24) is 10.2 Å². The monoisotopic (exact) mass is 324 g/mol. The highest BCUT2D eigenvalue weighted by molar-refractivity contribution is 5.95. The molecule has 0 unspecified atom stereocenters. The number of nitrogens with one attached hydrogen (secondary N) is 1. The van der Waals surface area contributed by atoms with Gasteiger partial charge in [-0.2, -0.15) is 0 Å². The average molecular weight is 324 g/mol. The number of nitrogens with zero attached hydrogens (tertiary/aromatic N) is 1. The second kappa shape index (κ2) is 5.06. The van der Waals surface area contributed by atoms with Crippen LogP contribution in [0.25, 0.3) is 0 Å². The fourth-order valence-corrected chi connectivity index (χ4v) is 3.27. The lowest BCUT2D eigenvalue weighted by atomic mass is 10.1. The molecule has 1 aromatic rings. The Bertz CT molecular complexity index is 648. The maximum Gasteiger partial charge on any atom is 0.586 e. The number of benzene rings is 1. The van der Waals surface area contributed by atoms with Crippen molar-refractivity contribution < 1.29 is 23.0 Å². The minimum absolute atomic E-state index is 0.0549. The average Bonchev–Trinajstić information content (AvgIpc) is 3.19. The molecule has 1 aliphatic carbocycles. The molecule has 5 nitrogen and oxygen atoms in total. The Morgan fingerprint density at radius 1 is 1.26 bits per heavy atom. The summed E-state index contributed by atoms with van der Waals surface area (Å²) < 4.78 is 34.8. The molecule has 2 fully saturated rings. The number of fused-ring (bicyclic) bond motifs is 1. The van der Waals surface area contributed by atoms with Gasteiger partial charge in [-0.15, -0.1) is 8.78 Å². The molecule has 1 saturated heterocycles. The van der Waals surface area contributed by atoms with Crippen LogP contribution in [-0.2, 0) is 0 Å². The Morgan fingerprint density at radius 2 is 2.00 bits per heavy atom. The van der Waals surface area contributed by atoms with E-state index in [9.17, 15) is 13.6 Å². The van der Waals surface area contributed by atoms with Crippen molar-refractivity contribution in [2.45, 2.75) is 38.1 Å². The molecule has 2 aliphatic heterocycles. The van der Waals surface area contributed by atoms with Crippen molar-refractivity contribution in [2.24, 2.45) is 5.92 Å². The first kappa shape index (κ1) is 14.7. The van der Waals surface area contributed by atoms with Gasteiger partial charge in [0.1, 0.15) is 0 Å². The third-order valence-electron chi connectivity index (χ3n) is 4.68. The summed E-state index contributed by atoms with van der Waals surface area (Å²) in [5, 5.41) is 3.00. The van der Waals surface area contributed by atoms with Crippen molar-refractivity contribution in [2.75, 3.05) is 13.1 Å². The summed E-state index contributed by atoms with van der Waals surface area (Å²) in [5.74, 6) is -0.0681. The first-order valence-corrected chi connectivity index (χ1v) is 7.86. The Balaban J connectivity index is 1.44. The van der Waals surface area contributed by atoms with Gasteiger partial charge < -0.3 is 14.8 Å². The molecule has 0 bridgehead atoms. The summed E-state index contributed by atoms with van der Waals surface area (Å²) in [7, 11) is 0. The molecule has 1 N–H and O–H groups in total. The van der Waals surface area contributed by atoms with Gasteiger partial charge in [0.05, 0.1) is 0 Å². The summed E-state index contributed by atoms with van der Waals surface area (Å²) in [6.45, 7) is 3.96. The van der Waals surface area contributed by atoms with E-state index in [2.05, 4.69) is 26.6 Å². The highest BCUT2D eigenvalue weighted by atomic mass is 19.3. The van der Waals surface area contributed by atoms with Crippen molar-refractivity contribution in [3.8, 4) is 11.5 Å². The van der Waals surface area contributed by atoms with Crippen molar-refractivity contribution >= 4 is 5.91 Å². The number of likely N-dealkylation sites (tertiary alicyclic amines) is 1. The molecule has 2 atom stereocenters. The quantitative estimate of drug-likeness (QED) is 0.926. The van der Waals surface area contributed by atoms with Gasteiger partial charge in [-0.25, -0.2) is 0 Å². The number of hydrogen-bond donors (Lipinski definition) is 1. The highest BCUT2D eigenvalue weighted by Gasteiger charge is 2.44. The molecule has 23 heavy (non-hydrogen) atoms. The van der Waals surface area contributed by atoms with Crippen LogP contribution >= 0.6 is 0 Å². The highest BCUT2D eigenvalue weighted by Crippen LogP contribution is 2.41. The number of carbonyl (C=O) groups is 1. The van der Waals surface area contributed by atoms with E-state index >= 15 is 0 Å². The molecular formula is C16H18F2N2O3. The van der Waals surface area contributed by atoms with Gasteiger partial charge in [-0.3, -0.25) is 9.69 Å². The number of halogens is 2. The first-order chi connectivity index (χ1) is 10.9. The molecule has 7 heteroatoms. The zero-order chi connectivity index (χ0) is 16.2. The SMILES string of the molecule is C[C@H]1CN(C2CC2)C[C@H]1NC(=O)c1ccc2c(c1)OC(F)(F)O2. The topological polar surface area (TPSA) is 50.8 Å². The first-order valence-electron chi connectivity index (χ1n) is 7.86. The molecule has 0 aromatic heterocycles. The zero-order valence-electron chi connectivity index (χ0n) is 12.7. The number of hydrogen-bond acceptors (Lipinski definition) is 4. The van der Waals surface area contributed by atoms with Crippen LogP contribution in [0.15, 0.2) is 18.2 Å². The number of carbonyl (C=O) groups excluding carboxylic acids is 1. The smallest absolute Gasteiger partial charge is 0.395 e. The molecule has 0 radical (unpaired) electrons. The molecule has 1 amide bonds. The Kier molecular flexibility index (Phi) is 3.23. The minimum Gasteiger partial charge on any atom is -0.395 e. The van der Waals surface area contributed by atoms with Crippen LogP contribution in [0.5, 0.6) is 11.5 Å².